The lowest BCUT2D eigenvalue weighted by atomic mass is 9.87. The number of halogens is 1. The number of nitrogens with zero attached hydrogens (tertiary/aromatic N) is 4. The minimum absolute atomic E-state index is 0.0817. The molecule has 0 bridgehead atoms. The van der Waals surface area contributed by atoms with Crippen molar-refractivity contribution in [1.29, 1.82) is 0 Å². The molecule has 0 saturated carbocycles. The summed E-state index contributed by atoms with van der Waals surface area (Å²) in [6, 6.07) is 9.80. The highest BCUT2D eigenvalue weighted by Crippen LogP contribution is 2.34. The van der Waals surface area contributed by atoms with Gasteiger partial charge < -0.3 is 9.15 Å². The van der Waals surface area contributed by atoms with E-state index in [2.05, 4.69) is 15.3 Å². The molecule has 146 valence electrons. The molecule has 1 atom stereocenters. The van der Waals surface area contributed by atoms with Crippen molar-refractivity contribution in [3.63, 3.8) is 0 Å². The Labute approximate surface area is 165 Å². The fraction of sp³-hybridized carbons (Fsp3) is 0.238. The number of carbonyl (C=O) groups is 1. The molecular formula is C21H17FN4O3. The van der Waals surface area contributed by atoms with E-state index in [9.17, 15) is 9.18 Å². The van der Waals surface area contributed by atoms with Gasteiger partial charge in [0.15, 0.2) is 17.1 Å². The quantitative estimate of drug-likeness (QED) is 0.528. The molecule has 1 aliphatic carbocycles. The van der Waals surface area contributed by atoms with Gasteiger partial charge in [-0.05, 0) is 29.8 Å². The maximum absolute atomic E-state index is 13.4. The summed E-state index contributed by atoms with van der Waals surface area (Å²) in [6.45, 7) is 0.250. The number of furan rings is 1. The van der Waals surface area contributed by atoms with Gasteiger partial charge in [0, 0.05) is 25.9 Å². The molecule has 0 unspecified atom stereocenters. The topological polar surface area (TPSA) is 82.5 Å². The molecule has 7 nitrogen and oxygen atoms in total. The number of Topliss-reactive ketones (excluding diaryl/α,β-unsaturated/α-hetero) is 1. The van der Waals surface area contributed by atoms with Crippen molar-refractivity contribution < 1.29 is 18.3 Å². The number of ether oxygens (including phenoxy) is 1. The summed E-state index contributed by atoms with van der Waals surface area (Å²) in [5.74, 6) is 0.266. The molecule has 0 spiro atoms. The molecule has 1 aromatic carbocycles. The van der Waals surface area contributed by atoms with Crippen LogP contribution in [0.2, 0.25) is 0 Å². The zero-order chi connectivity index (χ0) is 20.0. The number of benzene rings is 1. The molecule has 8 heteroatoms. The first-order valence-corrected chi connectivity index (χ1v) is 9.24. The average molecular weight is 392 g/mol. The molecule has 3 heterocycles. The molecule has 0 saturated heterocycles. The van der Waals surface area contributed by atoms with Crippen LogP contribution < -0.4 is 0 Å². The Balaban J connectivity index is 1.70. The van der Waals surface area contributed by atoms with E-state index in [1.54, 1.807) is 30.0 Å². The van der Waals surface area contributed by atoms with Gasteiger partial charge in [-0.2, -0.15) is 5.10 Å². The van der Waals surface area contributed by atoms with Gasteiger partial charge in [-0.15, -0.1) is 10.2 Å². The SMILES string of the molecule is COCc1nn2c3c(nnc2c1-c1ccc(F)cc1)C(=O)C[C@@H](c1ccco1)C3. The van der Waals surface area contributed by atoms with Gasteiger partial charge >= 0.3 is 0 Å². The van der Waals surface area contributed by atoms with Crippen molar-refractivity contribution >= 4 is 11.4 Å². The van der Waals surface area contributed by atoms with Gasteiger partial charge in [-0.25, -0.2) is 8.91 Å². The number of hydrogen-bond acceptors (Lipinski definition) is 6. The maximum atomic E-state index is 13.4. The predicted octanol–water partition coefficient (Wildman–Crippen LogP) is 3.58. The summed E-state index contributed by atoms with van der Waals surface area (Å²) in [5, 5.41) is 13.2. The number of carbonyl (C=O) groups excluding carboxylic acids is 1. The molecule has 0 radical (unpaired) electrons. The van der Waals surface area contributed by atoms with Gasteiger partial charge in [-0.1, -0.05) is 12.1 Å². The molecule has 0 aliphatic heterocycles. The lowest BCUT2D eigenvalue weighted by Gasteiger charge is -2.21. The standard InChI is InChI=1S/C21H17FN4O3/c1-28-11-15-19(12-4-6-14(22)7-5-12)21-24-23-20-16(26(21)25-15)9-13(10-17(20)27)18-3-2-8-29-18/h2-8,13H,9-11H2,1H3/t13-/m0/s1. The number of rotatable bonds is 4. The van der Waals surface area contributed by atoms with Crippen LogP contribution >= 0.6 is 0 Å². The van der Waals surface area contributed by atoms with E-state index in [-0.39, 0.29) is 24.1 Å². The van der Waals surface area contributed by atoms with E-state index in [0.717, 1.165) is 16.9 Å². The minimum Gasteiger partial charge on any atom is -0.469 e. The van der Waals surface area contributed by atoms with E-state index in [4.69, 9.17) is 9.15 Å². The highest BCUT2D eigenvalue weighted by atomic mass is 19.1. The van der Waals surface area contributed by atoms with Gasteiger partial charge in [0.05, 0.1) is 29.8 Å². The lowest BCUT2D eigenvalue weighted by molar-refractivity contribution is 0.0951. The van der Waals surface area contributed by atoms with Crippen LogP contribution in [0.25, 0.3) is 16.8 Å². The largest absolute Gasteiger partial charge is 0.469 e. The summed E-state index contributed by atoms with van der Waals surface area (Å²) in [4.78, 5) is 12.7. The smallest absolute Gasteiger partial charge is 0.185 e. The van der Waals surface area contributed by atoms with E-state index in [1.165, 1.54) is 12.1 Å². The second-order valence-corrected chi connectivity index (χ2v) is 7.04. The molecule has 1 aliphatic rings. The predicted molar refractivity (Wildman–Crippen MR) is 101 cm³/mol. The summed E-state index contributed by atoms with van der Waals surface area (Å²) in [6.07, 6.45) is 2.47. The summed E-state index contributed by atoms with van der Waals surface area (Å²) >= 11 is 0. The average Bonchev–Trinajstić information content (AvgIpc) is 3.37. The van der Waals surface area contributed by atoms with Crippen molar-refractivity contribution in [2.45, 2.75) is 25.4 Å². The molecule has 4 aromatic rings. The van der Waals surface area contributed by atoms with Gasteiger partial charge in [0.1, 0.15) is 11.6 Å². The maximum Gasteiger partial charge on any atom is 0.185 e. The fourth-order valence-corrected chi connectivity index (χ4v) is 3.89. The monoisotopic (exact) mass is 392 g/mol. The summed E-state index contributed by atoms with van der Waals surface area (Å²) in [7, 11) is 1.58. The van der Waals surface area contributed by atoms with Crippen molar-refractivity contribution in [3.8, 4) is 11.1 Å². The zero-order valence-corrected chi connectivity index (χ0v) is 15.6. The van der Waals surface area contributed by atoms with Crippen molar-refractivity contribution in [2.24, 2.45) is 0 Å². The third kappa shape index (κ3) is 2.92. The van der Waals surface area contributed by atoms with Crippen LogP contribution in [0.15, 0.2) is 47.1 Å². The molecule has 29 heavy (non-hydrogen) atoms. The molecule has 3 aromatic heterocycles. The summed E-state index contributed by atoms with van der Waals surface area (Å²) < 4.78 is 25.9. The molecule has 0 amide bonds. The van der Waals surface area contributed by atoms with E-state index < -0.39 is 0 Å². The van der Waals surface area contributed by atoms with E-state index >= 15 is 0 Å². The van der Waals surface area contributed by atoms with E-state index in [1.807, 2.05) is 12.1 Å². The van der Waals surface area contributed by atoms with Crippen LogP contribution in [-0.2, 0) is 17.8 Å². The third-order valence-corrected chi connectivity index (χ3v) is 5.20. The first kappa shape index (κ1) is 17.7. The molecule has 0 fully saturated rings. The Bertz CT molecular complexity index is 1200. The van der Waals surface area contributed by atoms with Crippen LogP contribution in [0, 0.1) is 5.82 Å². The number of aromatic nitrogens is 4. The number of fused-ring (bicyclic) bond motifs is 3. The van der Waals surface area contributed by atoms with Crippen molar-refractivity contribution in [2.75, 3.05) is 7.11 Å². The highest BCUT2D eigenvalue weighted by molar-refractivity contribution is 5.97. The minimum atomic E-state index is -0.325. The number of ketones is 1. The summed E-state index contributed by atoms with van der Waals surface area (Å²) in [5.41, 5.74) is 3.66. The second kappa shape index (κ2) is 6.89. The van der Waals surface area contributed by atoms with E-state index in [0.29, 0.717) is 35.6 Å². The van der Waals surface area contributed by atoms with Crippen LogP contribution in [-0.4, -0.2) is 32.7 Å². The Morgan fingerprint density at radius 2 is 2.03 bits per heavy atom. The normalized spacial score (nSPS) is 16.3. The van der Waals surface area contributed by atoms with Gasteiger partial charge in [0.25, 0.3) is 0 Å². The zero-order valence-electron chi connectivity index (χ0n) is 15.6. The Morgan fingerprint density at radius 3 is 2.76 bits per heavy atom. The van der Waals surface area contributed by atoms with Crippen LogP contribution in [0.3, 0.4) is 0 Å². The number of methoxy groups -OCH3 is 1. The second-order valence-electron chi connectivity index (χ2n) is 7.04. The Kier molecular flexibility index (Phi) is 4.21. The van der Waals surface area contributed by atoms with Crippen LogP contribution in [0.5, 0.6) is 0 Å². The Morgan fingerprint density at radius 1 is 1.21 bits per heavy atom. The van der Waals surface area contributed by atoms with Crippen molar-refractivity contribution in [1.82, 2.24) is 19.8 Å². The highest BCUT2D eigenvalue weighted by Gasteiger charge is 2.33. The van der Waals surface area contributed by atoms with Gasteiger partial charge in [0.2, 0.25) is 0 Å². The fourth-order valence-electron chi connectivity index (χ4n) is 3.89. The lowest BCUT2D eigenvalue weighted by Crippen LogP contribution is -2.24. The molecule has 5 rings (SSSR count). The first-order valence-electron chi connectivity index (χ1n) is 9.24. The molecule has 0 N–H and O–H groups in total. The first-order chi connectivity index (χ1) is 14.2. The number of hydrogen-bond donors (Lipinski definition) is 0. The third-order valence-electron chi connectivity index (χ3n) is 5.20. The van der Waals surface area contributed by atoms with Crippen LogP contribution in [0.1, 0.15) is 40.0 Å². The molecular weight excluding hydrogens is 375 g/mol. The van der Waals surface area contributed by atoms with Crippen LogP contribution in [0.4, 0.5) is 4.39 Å². The van der Waals surface area contributed by atoms with Crippen molar-refractivity contribution in [3.05, 3.63) is 71.3 Å². The van der Waals surface area contributed by atoms with Gasteiger partial charge in [-0.3, -0.25) is 4.79 Å². The Hall–Kier alpha value is -3.39.